The van der Waals surface area contributed by atoms with Crippen LogP contribution in [0, 0.1) is 5.92 Å². The Hall–Kier alpha value is -1.84. The second-order valence-corrected chi connectivity index (χ2v) is 5.61. The van der Waals surface area contributed by atoms with Crippen molar-refractivity contribution < 1.29 is 4.79 Å². The fourth-order valence-corrected chi connectivity index (χ4v) is 2.62. The van der Waals surface area contributed by atoms with Gasteiger partial charge in [-0.1, -0.05) is 12.1 Å². The molecule has 4 nitrogen and oxygen atoms in total. The first-order valence-corrected chi connectivity index (χ1v) is 7.06. The van der Waals surface area contributed by atoms with Gasteiger partial charge in [-0.05, 0) is 37.8 Å². The topological polar surface area (TPSA) is 46.9 Å². The third-order valence-electron chi connectivity index (χ3n) is 3.95. The van der Waals surface area contributed by atoms with Crippen molar-refractivity contribution in [1.82, 2.24) is 14.9 Å². The van der Waals surface area contributed by atoms with Crippen LogP contribution in [0.1, 0.15) is 37.5 Å². The fraction of sp³-hybridized carbons (Fsp3) is 0.467. The lowest BCUT2D eigenvalue weighted by Crippen LogP contribution is -2.25. The number of para-hydroxylation sites is 2. The first-order valence-electron chi connectivity index (χ1n) is 7.06. The second-order valence-electron chi connectivity index (χ2n) is 5.61. The Bertz CT molecular complexity index is 638. The van der Waals surface area contributed by atoms with E-state index in [-0.39, 0.29) is 11.8 Å². The van der Waals surface area contributed by atoms with Crippen LogP contribution in [0.25, 0.3) is 11.0 Å². The molecule has 98 valence electrons. The number of imidazole rings is 1. The van der Waals surface area contributed by atoms with Crippen LogP contribution in [0.15, 0.2) is 24.3 Å². The number of carbonyl (C=O) groups excluding carboxylic acids is 1. The normalized spacial score (nSPS) is 18.7. The number of amides is 1. The van der Waals surface area contributed by atoms with Gasteiger partial charge in [0.2, 0.25) is 5.91 Å². The van der Waals surface area contributed by atoms with Crippen molar-refractivity contribution in [2.75, 3.05) is 0 Å². The number of benzene rings is 1. The molecule has 4 rings (SSSR count). The third kappa shape index (κ3) is 2.01. The molecular weight excluding hydrogens is 238 g/mol. The molecule has 0 spiro atoms. The molecule has 1 aromatic heterocycles. The quantitative estimate of drug-likeness (QED) is 0.912. The van der Waals surface area contributed by atoms with Gasteiger partial charge in [-0.15, -0.1) is 0 Å². The number of carbonyl (C=O) groups is 1. The third-order valence-corrected chi connectivity index (χ3v) is 3.95. The number of nitrogens with one attached hydrogen (secondary N) is 1. The average Bonchev–Trinajstić information content (AvgIpc) is 3.31. The number of aromatic nitrogens is 2. The van der Waals surface area contributed by atoms with E-state index in [2.05, 4.69) is 27.0 Å². The van der Waals surface area contributed by atoms with Gasteiger partial charge in [0, 0.05) is 12.0 Å². The Balaban J connectivity index is 1.64. The molecule has 1 heterocycles. The zero-order chi connectivity index (χ0) is 12.8. The second kappa shape index (κ2) is 4.08. The number of nitrogens with zero attached hydrogens (tertiary/aromatic N) is 2. The van der Waals surface area contributed by atoms with E-state index in [1.807, 2.05) is 12.1 Å². The minimum absolute atomic E-state index is 0.189. The maximum absolute atomic E-state index is 11.7. The molecule has 1 aromatic carbocycles. The Morgan fingerprint density at radius 3 is 2.79 bits per heavy atom. The minimum Gasteiger partial charge on any atom is -0.349 e. The van der Waals surface area contributed by atoms with Gasteiger partial charge in [-0.2, -0.15) is 0 Å². The Morgan fingerprint density at radius 1 is 1.26 bits per heavy atom. The zero-order valence-corrected chi connectivity index (χ0v) is 10.8. The van der Waals surface area contributed by atoms with E-state index in [0.717, 1.165) is 24.2 Å². The van der Waals surface area contributed by atoms with Crippen LogP contribution in [-0.2, 0) is 11.3 Å². The molecule has 0 atom stereocenters. The SMILES string of the molecule is O=C(NCc1nc2ccccc2n1C1CC1)C1CC1. The molecular formula is C15H17N3O. The van der Waals surface area contributed by atoms with Crippen molar-refractivity contribution in [3.05, 3.63) is 30.1 Å². The van der Waals surface area contributed by atoms with E-state index in [9.17, 15) is 4.79 Å². The van der Waals surface area contributed by atoms with Gasteiger partial charge in [0.25, 0.3) is 0 Å². The first-order chi connectivity index (χ1) is 9.33. The Morgan fingerprint density at radius 2 is 2.05 bits per heavy atom. The molecule has 2 aromatic rings. The number of hydrogen-bond donors (Lipinski definition) is 1. The Kier molecular flexibility index (Phi) is 2.37. The Labute approximate surface area is 111 Å². The highest BCUT2D eigenvalue weighted by Crippen LogP contribution is 2.38. The number of rotatable bonds is 4. The lowest BCUT2D eigenvalue weighted by Gasteiger charge is -2.08. The molecule has 0 aliphatic heterocycles. The maximum atomic E-state index is 11.7. The van der Waals surface area contributed by atoms with Crippen molar-refractivity contribution in [3.63, 3.8) is 0 Å². The largest absolute Gasteiger partial charge is 0.349 e. The van der Waals surface area contributed by atoms with Crippen molar-refractivity contribution in [3.8, 4) is 0 Å². The fourth-order valence-electron chi connectivity index (χ4n) is 2.62. The van der Waals surface area contributed by atoms with Crippen molar-refractivity contribution in [2.24, 2.45) is 5.92 Å². The average molecular weight is 255 g/mol. The first kappa shape index (κ1) is 11.0. The summed E-state index contributed by atoms with van der Waals surface area (Å²) in [5, 5.41) is 3.02. The summed E-state index contributed by atoms with van der Waals surface area (Å²) < 4.78 is 2.31. The molecule has 2 saturated carbocycles. The summed E-state index contributed by atoms with van der Waals surface area (Å²) in [6.07, 6.45) is 4.55. The van der Waals surface area contributed by atoms with E-state index in [0.29, 0.717) is 12.6 Å². The van der Waals surface area contributed by atoms with E-state index in [1.165, 1.54) is 18.4 Å². The van der Waals surface area contributed by atoms with Crippen LogP contribution in [0.3, 0.4) is 0 Å². The monoisotopic (exact) mass is 255 g/mol. The standard InChI is InChI=1S/C15H17N3O/c19-15(10-5-6-10)16-9-14-17-12-3-1-2-4-13(12)18(14)11-7-8-11/h1-4,10-11H,5-9H2,(H,16,19). The summed E-state index contributed by atoms with van der Waals surface area (Å²) in [6, 6.07) is 8.81. The van der Waals surface area contributed by atoms with E-state index in [4.69, 9.17) is 0 Å². The molecule has 19 heavy (non-hydrogen) atoms. The lowest BCUT2D eigenvalue weighted by molar-refractivity contribution is -0.122. The molecule has 0 unspecified atom stereocenters. The van der Waals surface area contributed by atoms with Crippen LogP contribution in [0.5, 0.6) is 0 Å². The maximum Gasteiger partial charge on any atom is 0.223 e. The summed E-state index contributed by atoms with van der Waals surface area (Å²) in [4.78, 5) is 16.4. The minimum atomic E-state index is 0.189. The van der Waals surface area contributed by atoms with Gasteiger partial charge >= 0.3 is 0 Å². The lowest BCUT2D eigenvalue weighted by atomic mass is 10.3. The highest BCUT2D eigenvalue weighted by atomic mass is 16.2. The number of fused-ring (bicyclic) bond motifs is 1. The van der Waals surface area contributed by atoms with E-state index in [1.54, 1.807) is 0 Å². The van der Waals surface area contributed by atoms with Crippen LogP contribution < -0.4 is 5.32 Å². The summed E-state index contributed by atoms with van der Waals surface area (Å²) in [6.45, 7) is 0.556. The molecule has 0 radical (unpaired) electrons. The molecule has 0 saturated heterocycles. The summed E-state index contributed by atoms with van der Waals surface area (Å²) >= 11 is 0. The molecule has 2 aliphatic carbocycles. The van der Waals surface area contributed by atoms with Crippen LogP contribution >= 0.6 is 0 Å². The smallest absolute Gasteiger partial charge is 0.223 e. The summed E-state index contributed by atoms with van der Waals surface area (Å²) in [7, 11) is 0. The van der Waals surface area contributed by atoms with Crippen LogP contribution in [0.2, 0.25) is 0 Å². The summed E-state index contributed by atoms with van der Waals surface area (Å²) in [5.41, 5.74) is 2.23. The predicted octanol–water partition coefficient (Wildman–Crippen LogP) is 2.40. The molecule has 1 amide bonds. The highest BCUT2D eigenvalue weighted by molar-refractivity contribution is 5.81. The van der Waals surface area contributed by atoms with Gasteiger partial charge in [0.15, 0.2) is 0 Å². The van der Waals surface area contributed by atoms with E-state index < -0.39 is 0 Å². The van der Waals surface area contributed by atoms with Gasteiger partial charge in [0.05, 0.1) is 17.6 Å². The number of hydrogen-bond acceptors (Lipinski definition) is 2. The zero-order valence-electron chi connectivity index (χ0n) is 10.8. The van der Waals surface area contributed by atoms with Gasteiger partial charge in [-0.3, -0.25) is 4.79 Å². The van der Waals surface area contributed by atoms with Crippen molar-refractivity contribution in [2.45, 2.75) is 38.3 Å². The van der Waals surface area contributed by atoms with Gasteiger partial charge in [0.1, 0.15) is 5.82 Å². The highest BCUT2D eigenvalue weighted by Gasteiger charge is 2.31. The molecule has 2 fully saturated rings. The van der Waals surface area contributed by atoms with Crippen molar-refractivity contribution in [1.29, 1.82) is 0 Å². The molecule has 0 bridgehead atoms. The van der Waals surface area contributed by atoms with E-state index >= 15 is 0 Å². The predicted molar refractivity (Wildman–Crippen MR) is 72.6 cm³/mol. The van der Waals surface area contributed by atoms with Gasteiger partial charge in [-0.25, -0.2) is 4.98 Å². The van der Waals surface area contributed by atoms with Crippen LogP contribution in [0.4, 0.5) is 0 Å². The molecule has 1 N–H and O–H groups in total. The molecule has 2 aliphatic rings. The van der Waals surface area contributed by atoms with Gasteiger partial charge < -0.3 is 9.88 Å². The van der Waals surface area contributed by atoms with Crippen molar-refractivity contribution >= 4 is 16.9 Å². The van der Waals surface area contributed by atoms with Crippen LogP contribution in [-0.4, -0.2) is 15.5 Å². The summed E-state index contributed by atoms with van der Waals surface area (Å²) in [5.74, 6) is 1.45. The molecule has 4 heteroatoms.